The Hall–Kier alpha value is -0.960. The van der Waals surface area contributed by atoms with Crippen LogP contribution < -0.4 is 10.1 Å². The molecule has 1 aliphatic rings. The minimum atomic E-state index is 0.512. The molecule has 1 aromatic carbocycles. The molecule has 1 aliphatic heterocycles. The standard InChI is InChI=1S/C12H14BrNO/c1-9(13)8-15-11-6-2-4-10-5-3-7-14-12(10)11/h2,4,6,14H,1,3,5,7-8H2. The highest BCUT2D eigenvalue weighted by Crippen LogP contribution is 2.32. The summed E-state index contributed by atoms with van der Waals surface area (Å²) < 4.78 is 6.51. The quantitative estimate of drug-likeness (QED) is 0.907. The number of rotatable bonds is 3. The van der Waals surface area contributed by atoms with Crippen molar-refractivity contribution in [2.75, 3.05) is 18.5 Å². The Bertz CT molecular complexity index is 376. The molecule has 1 heterocycles. The van der Waals surface area contributed by atoms with Gasteiger partial charge in [-0.05, 0) is 24.5 Å². The van der Waals surface area contributed by atoms with E-state index < -0.39 is 0 Å². The predicted octanol–water partition coefficient (Wildman–Crippen LogP) is 3.33. The van der Waals surface area contributed by atoms with E-state index in [9.17, 15) is 0 Å². The van der Waals surface area contributed by atoms with Crippen molar-refractivity contribution in [3.8, 4) is 5.75 Å². The van der Waals surface area contributed by atoms with Gasteiger partial charge in [-0.2, -0.15) is 0 Å². The summed E-state index contributed by atoms with van der Waals surface area (Å²) in [5.74, 6) is 0.924. The molecule has 1 aromatic rings. The number of hydrogen-bond acceptors (Lipinski definition) is 2. The number of fused-ring (bicyclic) bond motifs is 1. The van der Waals surface area contributed by atoms with Gasteiger partial charge in [0.05, 0.1) is 5.69 Å². The van der Waals surface area contributed by atoms with Gasteiger partial charge in [-0.1, -0.05) is 34.6 Å². The molecule has 1 N–H and O–H groups in total. The molecule has 0 amide bonds. The Morgan fingerprint density at radius 2 is 2.40 bits per heavy atom. The number of anilines is 1. The van der Waals surface area contributed by atoms with Crippen LogP contribution in [0.5, 0.6) is 5.75 Å². The molecular formula is C12H14BrNO. The smallest absolute Gasteiger partial charge is 0.143 e. The molecule has 0 radical (unpaired) electrons. The third kappa shape index (κ3) is 2.53. The van der Waals surface area contributed by atoms with Crippen LogP contribution in [-0.2, 0) is 6.42 Å². The second kappa shape index (κ2) is 4.71. The summed E-state index contributed by atoms with van der Waals surface area (Å²) in [6.07, 6.45) is 2.33. The first-order chi connectivity index (χ1) is 7.27. The normalized spacial score (nSPS) is 13.9. The number of aryl methyl sites for hydroxylation is 1. The first-order valence-corrected chi connectivity index (χ1v) is 5.88. The highest BCUT2D eigenvalue weighted by molar-refractivity contribution is 9.11. The summed E-state index contributed by atoms with van der Waals surface area (Å²) in [4.78, 5) is 0. The van der Waals surface area contributed by atoms with E-state index in [1.54, 1.807) is 0 Å². The third-order valence-electron chi connectivity index (χ3n) is 2.42. The molecule has 0 saturated carbocycles. The van der Waals surface area contributed by atoms with E-state index in [4.69, 9.17) is 4.74 Å². The molecule has 0 fully saturated rings. The zero-order valence-corrected chi connectivity index (χ0v) is 10.1. The Morgan fingerprint density at radius 3 is 3.20 bits per heavy atom. The molecule has 80 valence electrons. The zero-order valence-electron chi connectivity index (χ0n) is 8.55. The number of halogens is 1. The first kappa shape index (κ1) is 10.6. The molecular weight excluding hydrogens is 254 g/mol. The predicted molar refractivity (Wildman–Crippen MR) is 66.8 cm³/mol. The Balaban J connectivity index is 2.19. The van der Waals surface area contributed by atoms with Crippen LogP contribution >= 0.6 is 15.9 Å². The average Bonchev–Trinajstić information content (AvgIpc) is 2.26. The fraction of sp³-hybridized carbons (Fsp3) is 0.333. The molecule has 0 atom stereocenters. The lowest BCUT2D eigenvalue weighted by Gasteiger charge is -2.21. The fourth-order valence-electron chi connectivity index (χ4n) is 1.75. The van der Waals surface area contributed by atoms with Gasteiger partial charge in [0.1, 0.15) is 12.4 Å². The van der Waals surface area contributed by atoms with E-state index in [1.165, 1.54) is 12.0 Å². The summed E-state index contributed by atoms with van der Waals surface area (Å²) in [7, 11) is 0. The van der Waals surface area contributed by atoms with E-state index in [-0.39, 0.29) is 0 Å². The van der Waals surface area contributed by atoms with Crippen LogP contribution in [0.4, 0.5) is 5.69 Å². The third-order valence-corrected chi connectivity index (χ3v) is 2.65. The monoisotopic (exact) mass is 267 g/mol. The number of para-hydroxylation sites is 1. The van der Waals surface area contributed by atoms with Gasteiger partial charge in [-0.25, -0.2) is 0 Å². The maximum Gasteiger partial charge on any atom is 0.143 e. The summed E-state index contributed by atoms with van der Waals surface area (Å²) in [6, 6.07) is 6.18. The number of hydrogen-bond donors (Lipinski definition) is 1. The number of benzene rings is 1. The second-order valence-electron chi connectivity index (χ2n) is 3.63. The minimum Gasteiger partial charge on any atom is -0.486 e. The Morgan fingerprint density at radius 1 is 1.53 bits per heavy atom. The number of ether oxygens (including phenoxy) is 1. The maximum absolute atomic E-state index is 5.66. The molecule has 0 aliphatic carbocycles. The van der Waals surface area contributed by atoms with Crippen LogP contribution in [0.1, 0.15) is 12.0 Å². The van der Waals surface area contributed by atoms with E-state index in [1.807, 2.05) is 12.1 Å². The maximum atomic E-state index is 5.66. The van der Waals surface area contributed by atoms with Crippen molar-refractivity contribution >= 4 is 21.6 Å². The van der Waals surface area contributed by atoms with Crippen molar-refractivity contribution in [2.24, 2.45) is 0 Å². The lowest BCUT2D eigenvalue weighted by molar-refractivity contribution is 0.361. The van der Waals surface area contributed by atoms with Gasteiger partial charge in [-0.3, -0.25) is 0 Å². The van der Waals surface area contributed by atoms with E-state index >= 15 is 0 Å². The van der Waals surface area contributed by atoms with Crippen LogP contribution in [0.25, 0.3) is 0 Å². The second-order valence-corrected chi connectivity index (χ2v) is 4.75. The molecule has 2 nitrogen and oxygen atoms in total. The Kier molecular flexibility index (Phi) is 3.31. The lowest BCUT2D eigenvalue weighted by Crippen LogP contribution is -2.13. The van der Waals surface area contributed by atoms with Gasteiger partial charge >= 0.3 is 0 Å². The number of nitrogens with one attached hydrogen (secondary N) is 1. The van der Waals surface area contributed by atoms with Crippen LogP contribution in [-0.4, -0.2) is 13.2 Å². The van der Waals surface area contributed by atoms with Crippen molar-refractivity contribution in [3.05, 3.63) is 34.8 Å². The molecule has 0 saturated heterocycles. The van der Waals surface area contributed by atoms with Gasteiger partial charge in [0.2, 0.25) is 0 Å². The van der Waals surface area contributed by atoms with Crippen LogP contribution in [0.2, 0.25) is 0 Å². The van der Waals surface area contributed by atoms with Crippen molar-refractivity contribution < 1.29 is 4.74 Å². The minimum absolute atomic E-state index is 0.512. The molecule has 15 heavy (non-hydrogen) atoms. The molecule has 0 aromatic heterocycles. The summed E-state index contributed by atoms with van der Waals surface area (Å²) in [6.45, 7) is 5.30. The van der Waals surface area contributed by atoms with Crippen molar-refractivity contribution in [3.63, 3.8) is 0 Å². The molecule has 3 heteroatoms. The van der Waals surface area contributed by atoms with Gasteiger partial charge in [0.15, 0.2) is 0 Å². The van der Waals surface area contributed by atoms with Gasteiger partial charge in [0, 0.05) is 11.0 Å². The van der Waals surface area contributed by atoms with Crippen molar-refractivity contribution in [1.82, 2.24) is 0 Å². The topological polar surface area (TPSA) is 21.3 Å². The van der Waals surface area contributed by atoms with Crippen molar-refractivity contribution in [1.29, 1.82) is 0 Å². The molecule has 0 bridgehead atoms. The van der Waals surface area contributed by atoms with E-state index in [2.05, 4.69) is 33.9 Å². The van der Waals surface area contributed by atoms with Crippen LogP contribution in [0, 0.1) is 0 Å². The van der Waals surface area contributed by atoms with Crippen LogP contribution in [0.15, 0.2) is 29.3 Å². The lowest BCUT2D eigenvalue weighted by atomic mass is 10.0. The zero-order chi connectivity index (χ0) is 10.7. The largest absolute Gasteiger partial charge is 0.486 e. The van der Waals surface area contributed by atoms with Crippen molar-refractivity contribution in [2.45, 2.75) is 12.8 Å². The SMILES string of the molecule is C=C(Br)COc1cccc2c1NCCC2. The van der Waals surface area contributed by atoms with Gasteiger partial charge in [0.25, 0.3) is 0 Å². The fourth-order valence-corrected chi connectivity index (χ4v) is 1.87. The molecule has 2 rings (SSSR count). The van der Waals surface area contributed by atoms with E-state index in [0.29, 0.717) is 6.61 Å². The first-order valence-electron chi connectivity index (χ1n) is 5.09. The molecule has 0 spiro atoms. The van der Waals surface area contributed by atoms with E-state index in [0.717, 1.165) is 28.9 Å². The Labute approximate surface area is 98.5 Å². The van der Waals surface area contributed by atoms with Crippen LogP contribution in [0.3, 0.4) is 0 Å². The molecule has 0 unspecified atom stereocenters. The summed E-state index contributed by atoms with van der Waals surface area (Å²) >= 11 is 3.29. The average molecular weight is 268 g/mol. The van der Waals surface area contributed by atoms with Gasteiger partial charge < -0.3 is 10.1 Å². The summed E-state index contributed by atoms with van der Waals surface area (Å²) in [5.41, 5.74) is 2.50. The highest BCUT2D eigenvalue weighted by Gasteiger charge is 2.12. The summed E-state index contributed by atoms with van der Waals surface area (Å²) in [5, 5.41) is 3.38. The van der Waals surface area contributed by atoms with Gasteiger partial charge in [-0.15, -0.1) is 0 Å². The highest BCUT2D eigenvalue weighted by atomic mass is 79.9.